The highest BCUT2D eigenvalue weighted by molar-refractivity contribution is 9.10. The number of hydrogen-bond donors (Lipinski definition) is 1. The maximum absolute atomic E-state index is 5.20. The van der Waals surface area contributed by atoms with Gasteiger partial charge in [0.25, 0.3) is 0 Å². The first-order valence-corrected chi connectivity index (χ1v) is 7.07. The van der Waals surface area contributed by atoms with Crippen LogP contribution < -0.4 is 10.1 Å². The predicted octanol–water partition coefficient (Wildman–Crippen LogP) is 3.81. The first-order valence-electron chi connectivity index (χ1n) is 5.34. The van der Waals surface area contributed by atoms with Crippen LogP contribution in [0.15, 0.2) is 39.5 Å². The third kappa shape index (κ3) is 3.56. The van der Waals surface area contributed by atoms with Crippen molar-refractivity contribution in [2.45, 2.75) is 13.1 Å². The molecule has 0 amide bonds. The summed E-state index contributed by atoms with van der Waals surface area (Å²) < 4.78 is 6.19. The monoisotopic (exact) mass is 311 g/mol. The van der Waals surface area contributed by atoms with Gasteiger partial charge in [-0.25, -0.2) is 0 Å². The molecular weight excluding hydrogens is 298 g/mol. The SMILES string of the molecule is COc1ccc(CNCc2ccsc2)cc1Br. The summed E-state index contributed by atoms with van der Waals surface area (Å²) in [5.41, 5.74) is 2.58. The maximum Gasteiger partial charge on any atom is 0.133 e. The van der Waals surface area contributed by atoms with Crippen LogP contribution in [-0.4, -0.2) is 7.11 Å². The number of hydrogen-bond acceptors (Lipinski definition) is 3. The van der Waals surface area contributed by atoms with Crippen molar-refractivity contribution in [2.24, 2.45) is 0 Å². The van der Waals surface area contributed by atoms with E-state index < -0.39 is 0 Å². The Labute approximate surface area is 114 Å². The summed E-state index contributed by atoms with van der Waals surface area (Å²) in [7, 11) is 1.68. The van der Waals surface area contributed by atoms with Crippen molar-refractivity contribution in [2.75, 3.05) is 7.11 Å². The zero-order valence-electron chi connectivity index (χ0n) is 9.57. The Morgan fingerprint density at radius 3 is 2.71 bits per heavy atom. The second-order valence-electron chi connectivity index (χ2n) is 3.70. The van der Waals surface area contributed by atoms with Gasteiger partial charge in [-0.1, -0.05) is 6.07 Å². The largest absolute Gasteiger partial charge is 0.496 e. The molecule has 0 fully saturated rings. The van der Waals surface area contributed by atoms with E-state index in [9.17, 15) is 0 Å². The molecule has 0 unspecified atom stereocenters. The second kappa shape index (κ2) is 6.19. The summed E-state index contributed by atoms with van der Waals surface area (Å²) in [4.78, 5) is 0. The summed E-state index contributed by atoms with van der Waals surface area (Å²) >= 11 is 5.22. The number of ether oxygens (including phenoxy) is 1. The van der Waals surface area contributed by atoms with E-state index in [2.05, 4.69) is 50.2 Å². The molecule has 2 rings (SSSR count). The van der Waals surface area contributed by atoms with E-state index >= 15 is 0 Å². The van der Waals surface area contributed by atoms with Gasteiger partial charge in [-0.2, -0.15) is 11.3 Å². The van der Waals surface area contributed by atoms with Crippen molar-refractivity contribution in [3.05, 3.63) is 50.6 Å². The molecule has 0 aliphatic rings. The molecule has 1 heterocycles. The van der Waals surface area contributed by atoms with E-state index in [-0.39, 0.29) is 0 Å². The number of nitrogens with one attached hydrogen (secondary N) is 1. The number of methoxy groups -OCH3 is 1. The van der Waals surface area contributed by atoms with Crippen LogP contribution >= 0.6 is 27.3 Å². The molecule has 0 aliphatic heterocycles. The van der Waals surface area contributed by atoms with Gasteiger partial charge in [-0.15, -0.1) is 0 Å². The van der Waals surface area contributed by atoms with Crippen LogP contribution in [0.4, 0.5) is 0 Å². The summed E-state index contributed by atoms with van der Waals surface area (Å²) in [6.07, 6.45) is 0. The van der Waals surface area contributed by atoms with Gasteiger partial charge in [0, 0.05) is 13.1 Å². The van der Waals surface area contributed by atoms with Crippen LogP contribution in [0.5, 0.6) is 5.75 Å². The smallest absolute Gasteiger partial charge is 0.133 e. The van der Waals surface area contributed by atoms with E-state index in [0.29, 0.717) is 0 Å². The van der Waals surface area contributed by atoms with Gasteiger partial charge < -0.3 is 10.1 Å². The molecule has 0 spiro atoms. The van der Waals surface area contributed by atoms with Crippen molar-refractivity contribution in [1.82, 2.24) is 5.32 Å². The molecule has 1 N–H and O–H groups in total. The highest BCUT2D eigenvalue weighted by atomic mass is 79.9. The topological polar surface area (TPSA) is 21.3 Å². The van der Waals surface area contributed by atoms with E-state index in [4.69, 9.17) is 4.74 Å². The zero-order chi connectivity index (χ0) is 12.1. The van der Waals surface area contributed by atoms with Crippen LogP contribution in [0.3, 0.4) is 0 Å². The van der Waals surface area contributed by atoms with Crippen molar-refractivity contribution in [1.29, 1.82) is 0 Å². The summed E-state index contributed by atoms with van der Waals surface area (Å²) in [6.45, 7) is 1.77. The molecular formula is C13H14BrNOS. The molecule has 1 aromatic carbocycles. The Morgan fingerprint density at radius 1 is 1.24 bits per heavy atom. The number of thiophene rings is 1. The van der Waals surface area contributed by atoms with E-state index in [0.717, 1.165) is 23.3 Å². The fourth-order valence-corrected chi connectivity index (χ4v) is 2.82. The van der Waals surface area contributed by atoms with Gasteiger partial charge in [0.15, 0.2) is 0 Å². The third-order valence-corrected chi connectivity index (χ3v) is 3.81. The van der Waals surface area contributed by atoms with Gasteiger partial charge >= 0.3 is 0 Å². The Hall–Kier alpha value is -0.840. The lowest BCUT2D eigenvalue weighted by Gasteiger charge is -2.07. The zero-order valence-corrected chi connectivity index (χ0v) is 12.0. The van der Waals surface area contributed by atoms with Gasteiger partial charge in [-0.3, -0.25) is 0 Å². The minimum absolute atomic E-state index is 0.860. The van der Waals surface area contributed by atoms with Crippen molar-refractivity contribution in [3.63, 3.8) is 0 Å². The maximum atomic E-state index is 5.20. The fraction of sp³-hybridized carbons (Fsp3) is 0.231. The fourth-order valence-electron chi connectivity index (χ4n) is 1.56. The van der Waals surface area contributed by atoms with Crippen molar-refractivity contribution >= 4 is 27.3 Å². The van der Waals surface area contributed by atoms with Gasteiger partial charge in [0.05, 0.1) is 11.6 Å². The van der Waals surface area contributed by atoms with E-state index in [1.807, 2.05) is 6.07 Å². The van der Waals surface area contributed by atoms with Crippen LogP contribution in [-0.2, 0) is 13.1 Å². The van der Waals surface area contributed by atoms with Gasteiger partial charge in [0.2, 0.25) is 0 Å². The molecule has 2 nitrogen and oxygen atoms in total. The van der Waals surface area contributed by atoms with Crippen LogP contribution in [0.2, 0.25) is 0 Å². The molecule has 90 valence electrons. The molecule has 0 saturated carbocycles. The van der Waals surface area contributed by atoms with Gasteiger partial charge in [-0.05, 0) is 56.0 Å². The van der Waals surface area contributed by atoms with Gasteiger partial charge in [0.1, 0.15) is 5.75 Å². The third-order valence-electron chi connectivity index (χ3n) is 2.45. The molecule has 2 aromatic rings. The number of benzene rings is 1. The first-order chi connectivity index (χ1) is 8.29. The first kappa shape index (κ1) is 12.6. The lowest BCUT2D eigenvalue weighted by molar-refractivity contribution is 0.412. The molecule has 0 atom stereocenters. The molecule has 0 saturated heterocycles. The van der Waals surface area contributed by atoms with Crippen LogP contribution in [0.25, 0.3) is 0 Å². The quantitative estimate of drug-likeness (QED) is 0.906. The Morgan fingerprint density at radius 2 is 2.06 bits per heavy atom. The normalized spacial score (nSPS) is 10.5. The van der Waals surface area contributed by atoms with Crippen molar-refractivity contribution in [3.8, 4) is 5.75 Å². The second-order valence-corrected chi connectivity index (χ2v) is 5.34. The van der Waals surface area contributed by atoms with Crippen LogP contribution in [0.1, 0.15) is 11.1 Å². The molecule has 1 aromatic heterocycles. The predicted molar refractivity (Wildman–Crippen MR) is 75.6 cm³/mol. The molecule has 4 heteroatoms. The molecule has 0 aliphatic carbocycles. The molecule has 17 heavy (non-hydrogen) atoms. The lowest BCUT2D eigenvalue weighted by atomic mass is 10.2. The van der Waals surface area contributed by atoms with E-state index in [1.54, 1.807) is 18.4 Å². The summed E-state index contributed by atoms with van der Waals surface area (Å²) in [5.74, 6) is 0.867. The highest BCUT2D eigenvalue weighted by Gasteiger charge is 2.01. The summed E-state index contributed by atoms with van der Waals surface area (Å²) in [6, 6.07) is 8.27. The number of rotatable bonds is 5. The molecule has 0 bridgehead atoms. The average molecular weight is 312 g/mol. The van der Waals surface area contributed by atoms with E-state index in [1.165, 1.54) is 11.1 Å². The Balaban J connectivity index is 1.89. The van der Waals surface area contributed by atoms with Crippen molar-refractivity contribution < 1.29 is 4.74 Å². The summed E-state index contributed by atoms with van der Waals surface area (Å²) in [5, 5.41) is 7.68. The average Bonchev–Trinajstić information content (AvgIpc) is 2.82. The lowest BCUT2D eigenvalue weighted by Crippen LogP contribution is -2.12. The highest BCUT2D eigenvalue weighted by Crippen LogP contribution is 2.25. The van der Waals surface area contributed by atoms with Crippen LogP contribution in [0, 0.1) is 0 Å². The minimum Gasteiger partial charge on any atom is -0.496 e. The Kier molecular flexibility index (Phi) is 4.59. The standard InChI is InChI=1S/C13H14BrNOS/c1-16-13-3-2-10(6-12(13)14)7-15-8-11-4-5-17-9-11/h2-6,9,15H,7-8H2,1H3. The molecule has 0 radical (unpaired) electrons. The minimum atomic E-state index is 0.860. The Bertz CT molecular complexity index is 470. The number of halogens is 1.